The molecule has 1 aliphatic rings. The molecule has 0 bridgehead atoms. The third kappa shape index (κ3) is 3.76. The second-order valence-electron chi connectivity index (χ2n) is 7.47. The normalized spacial score (nSPS) is 17.7. The average Bonchev–Trinajstić information content (AvgIpc) is 3.16. The Kier molecular flexibility index (Phi) is 5.44. The van der Waals surface area contributed by atoms with Crippen LogP contribution in [-0.2, 0) is 0 Å². The lowest BCUT2D eigenvalue weighted by Crippen LogP contribution is -2.20. The van der Waals surface area contributed by atoms with Gasteiger partial charge in [0.1, 0.15) is 12.0 Å². The Morgan fingerprint density at radius 3 is 2.67 bits per heavy atom. The first-order chi connectivity index (χ1) is 14.3. The molecule has 30 heavy (non-hydrogen) atoms. The number of alkyl halides is 3. The first kappa shape index (κ1) is 20.3. The van der Waals surface area contributed by atoms with Gasteiger partial charge < -0.3 is 10.2 Å². The summed E-state index contributed by atoms with van der Waals surface area (Å²) in [5.74, 6) is -0.586. The highest BCUT2D eigenvalue weighted by Crippen LogP contribution is 2.32. The van der Waals surface area contributed by atoms with Crippen LogP contribution in [0.5, 0.6) is 0 Å². The topological polar surface area (TPSA) is 53.9 Å². The highest BCUT2D eigenvalue weighted by molar-refractivity contribution is 5.92. The molecule has 9 heteroatoms. The van der Waals surface area contributed by atoms with E-state index >= 15 is 0 Å². The number of anilines is 2. The van der Waals surface area contributed by atoms with Crippen molar-refractivity contribution in [1.29, 1.82) is 0 Å². The zero-order valence-electron chi connectivity index (χ0n) is 16.5. The molecule has 3 aromatic rings. The minimum Gasteiger partial charge on any atom is -0.367 e. The Bertz CT molecular complexity index is 1070. The van der Waals surface area contributed by atoms with Crippen molar-refractivity contribution in [3.05, 3.63) is 53.1 Å². The summed E-state index contributed by atoms with van der Waals surface area (Å²) < 4.78 is 54.3. The van der Waals surface area contributed by atoms with Gasteiger partial charge in [-0.15, -0.1) is 5.10 Å². The van der Waals surface area contributed by atoms with E-state index in [2.05, 4.69) is 20.5 Å². The molecular formula is C21H21F4N5. The Labute approximate surface area is 171 Å². The van der Waals surface area contributed by atoms with Crippen LogP contribution in [0.4, 0.5) is 29.1 Å². The monoisotopic (exact) mass is 419 g/mol. The minimum absolute atomic E-state index is 0.104. The summed E-state index contributed by atoms with van der Waals surface area (Å²) in [5, 5.41) is 12.0. The van der Waals surface area contributed by atoms with Crippen molar-refractivity contribution < 1.29 is 17.6 Å². The Balaban J connectivity index is 1.70. The van der Waals surface area contributed by atoms with Crippen molar-refractivity contribution in [2.45, 2.75) is 38.9 Å². The fourth-order valence-corrected chi connectivity index (χ4v) is 3.73. The molecule has 5 nitrogen and oxygen atoms in total. The van der Waals surface area contributed by atoms with Crippen molar-refractivity contribution in [2.24, 2.45) is 0 Å². The maximum absolute atomic E-state index is 14.5. The van der Waals surface area contributed by atoms with E-state index in [4.69, 9.17) is 0 Å². The molecule has 0 aliphatic carbocycles. The molecule has 1 aliphatic heterocycles. The highest BCUT2D eigenvalue weighted by Gasteiger charge is 2.24. The Morgan fingerprint density at radius 1 is 1.20 bits per heavy atom. The zero-order chi connectivity index (χ0) is 21.4. The number of hydrogen-bond donors (Lipinski definition) is 1. The second-order valence-corrected chi connectivity index (χ2v) is 7.47. The third-order valence-electron chi connectivity index (χ3n) is 5.38. The van der Waals surface area contributed by atoms with Gasteiger partial charge >= 0.3 is 0 Å². The van der Waals surface area contributed by atoms with Crippen molar-refractivity contribution in [3.8, 4) is 0 Å². The van der Waals surface area contributed by atoms with Crippen molar-refractivity contribution >= 4 is 22.4 Å². The third-order valence-corrected chi connectivity index (χ3v) is 5.38. The van der Waals surface area contributed by atoms with Crippen LogP contribution in [0, 0.1) is 12.7 Å². The van der Waals surface area contributed by atoms with Gasteiger partial charge in [-0.3, -0.25) is 4.98 Å². The standard InChI is InChI=1S/C21H21F4N5/c1-11(15-4-3-5-16(18(15)23)20(24)25)27-21-17-8-14(30-7-6-13(22)10-30)9-26-19(17)12(2)28-29-21/h3-5,8-9,11,13,20H,6-7,10H2,1-2H3,(H,27,29)/t11-,13+/m1/s1. The fraction of sp³-hybridized carbons (Fsp3) is 0.381. The molecule has 3 heterocycles. The molecule has 2 aromatic heterocycles. The average molecular weight is 419 g/mol. The van der Waals surface area contributed by atoms with E-state index in [-0.39, 0.29) is 5.56 Å². The van der Waals surface area contributed by atoms with E-state index < -0.39 is 30.0 Å². The Hall–Kier alpha value is -2.97. The summed E-state index contributed by atoms with van der Waals surface area (Å²) in [5.41, 5.74) is 1.45. The van der Waals surface area contributed by atoms with E-state index in [9.17, 15) is 17.6 Å². The van der Waals surface area contributed by atoms with Crippen LogP contribution in [0.1, 0.15) is 42.6 Å². The maximum Gasteiger partial charge on any atom is 0.266 e. The van der Waals surface area contributed by atoms with Gasteiger partial charge in [0, 0.05) is 24.0 Å². The minimum atomic E-state index is -2.90. The summed E-state index contributed by atoms with van der Waals surface area (Å²) in [4.78, 5) is 6.37. The molecule has 0 saturated carbocycles. The largest absolute Gasteiger partial charge is 0.367 e. The molecule has 0 amide bonds. The lowest BCUT2D eigenvalue weighted by molar-refractivity contribution is 0.146. The zero-order valence-corrected chi connectivity index (χ0v) is 16.5. The van der Waals surface area contributed by atoms with Crippen LogP contribution in [0.2, 0.25) is 0 Å². The van der Waals surface area contributed by atoms with E-state index in [1.807, 2.05) is 11.0 Å². The summed E-state index contributed by atoms with van der Waals surface area (Å²) in [7, 11) is 0. The van der Waals surface area contributed by atoms with Crippen molar-refractivity contribution in [2.75, 3.05) is 23.3 Å². The van der Waals surface area contributed by atoms with Crippen LogP contribution in [0.3, 0.4) is 0 Å². The quantitative estimate of drug-likeness (QED) is 0.581. The molecule has 158 valence electrons. The van der Waals surface area contributed by atoms with Gasteiger partial charge in [0.2, 0.25) is 0 Å². The smallest absolute Gasteiger partial charge is 0.266 e. The molecular weight excluding hydrogens is 398 g/mol. The number of rotatable bonds is 5. The molecule has 4 rings (SSSR count). The molecule has 1 saturated heterocycles. The first-order valence-electron chi connectivity index (χ1n) is 9.70. The summed E-state index contributed by atoms with van der Waals surface area (Å²) in [6.45, 7) is 4.33. The van der Waals surface area contributed by atoms with Gasteiger partial charge in [0.15, 0.2) is 5.82 Å². The fourth-order valence-electron chi connectivity index (χ4n) is 3.73. The number of aromatic nitrogens is 3. The predicted octanol–water partition coefficient (Wildman–Crippen LogP) is 5.13. The van der Waals surface area contributed by atoms with E-state index in [0.29, 0.717) is 41.9 Å². The van der Waals surface area contributed by atoms with Crippen LogP contribution in [0.15, 0.2) is 30.5 Å². The number of nitrogens with zero attached hydrogens (tertiary/aromatic N) is 4. The highest BCUT2D eigenvalue weighted by atomic mass is 19.3. The molecule has 1 fully saturated rings. The van der Waals surface area contributed by atoms with Crippen molar-refractivity contribution in [1.82, 2.24) is 15.2 Å². The summed E-state index contributed by atoms with van der Waals surface area (Å²) in [6.07, 6.45) is -1.63. The first-order valence-corrected chi connectivity index (χ1v) is 9.70. The number of hydrogen-bond acceptors (Lipinski definition) is 5. The number of pyridine rings is 1. The van der Waals surface area contributed by atoms with Gasteiger partial charge in [-0.2, -0.15) is 5.10 Å². The maximum atomic E-state index is 14.5. The lowest BCUT2D eigenvalue weighted by atomic mass is 10.0. The van der Waals surface area contributed by atoms with E-state index in [1.54, 1.807) is 20.0 Å². The van der Waals surface area contributed by atoms with Gasteiger partial charge in [0.25, 0.3) is 6.43 Å². The van der Waals surface area contributed by atoms with Gasteiger partial charge in [0.05, 0.1) is 34.7 Å². The van der Waals surface area contributed by atoms with Gasteiger partial charge in [-0.05, 0) is 26.3 Å². The predicted molar refractivity (Wildman–Crippen MR) is 107 cm³/mol. The van der Waals surface area contributed by atoms with Crippen LogP contribution >= 0.6 is 0 Å². The SMILES string of the molecule is Cc1nnc(N[C@H](C)c2cccc(C(F)F)c2F)c2cc(N3CC[C@H](F)C3)cnc12. The molecule has 0 radical (unpaired) electrons. The van der Waals surface area contributed by atoms with Crippen LogP contribution in [-0.4, -0.2) is 34.4 Å². The molecule has 2 atom stereocenters. The number of fused-ring (bicyclic) bond motifs is 1. The Morgan fingerprint density at radius 2 is 1.97 bits per heavy atom. The number of benzene rings is 1. The number of aryl methyl sites for hydroxylation is 1. The summed E-state index contributed by atoms with van der Waals surface area (Å²) in [6, 6.07) is 5.13. The number of nitrogens with one attached hydrogen (secondary N) is 1. The van der Waals surface area contributed by atoms with Gasteiger partial charge in [-0.1, -0.05) is 18.2 Å². The molecule has 1 aromatic carbocycles. The molecule has 0 unspecified atom stereocenters. The summed E-state index contributed by atoms with van der Waals surface area (Å²) >= 11 is 0. The second kappa shape index (κ2) is 8.04. The van der Waals surface area contributed by atoms with Crippen LogP contribution in [0.25, 0.3) is 10.9 Å². The van der Waals surface area contributed by atoms with Crippen LogP contribution < -0.4 is 10.2 Å². The molecule has 0 spiro atoms. The molecule has 1 N–H and O–H groups in total. The lowest BCUT2D eigenvalue weighted by Gasteiger charge is -2.20. The van der Waals surface area contributed by atoms with Gasteiger partial charge in [-0.25, -0.2) is 17.6 Å². The van der Waals surface area contributed by atoms with E-state index in [0.717, 1.165) is 11.8 Å². The van der Waals surface area contributed by atoms with Crippen molar-refractivity contribution in [3.63, 3.8) is 0 Å². The van der Waals surface area contributed by atoms with E-state index in [1.165, 1.54) is 12.1 Å². The number of halogens is 4.